The number of carbonyl (C=O) groups excluding carboxylic acids is 1. The van der Waals surface area contributed by atoms with E-state index in [1.165, 1.54) is 6.92 Å². The Balaban J connectivity index is 2.04. The van der Waals surface area contributed by atoms with Gasteiger partial charge in [-0.3, -0.25) is 4.79 Å². The number of hydrogen-bond donors (Lipinski definition) is 1. The lowest BCUT2D eigenvalue weighted by Crippen LogP contribution is -2.30. The van der Waals surface area contributed by atoms with Crippen LogP contribution in [-0.2, 0) is 4.79 Å². The van der Waals surface area contributed by atoms with E-state index in [9.17, 15) is 4.79 Å². The van der Waals surface area contributed by atoms with E-state index in [4.69, 9.17) is 4.74 Å². The molecule has 1 atom stereocenters. The van der Waals surface area contributed by atoms with Crippen LogP contribution >= 0.6 is 0 Å². The third-order valence-corrected chi connectivity index (χ3v) is 2.74. The Kier molecular flexibility index (Phi) is 4.56. The van der Waals surface area contributed by atoms with Crippen LogP contribution in [-0.4, -0.2) is 12.5 Å². The highest BCUT2D eigenvalue weighted by Gasteiger charge is 2.13. The van der Waals surface area contributed by atoms with Crippen molar-refractivity contribution < 1.29 is 9.53 Å². The third kappa shape index (κ3) is 4.14. The predicted molar refractivity (Wildman–Crippen MR) is 74.9 cm³/mol. The van der Waals surface area contributed by atoms with Crippen LogP contribution in [0, 0.1) is 0 Å². The lowest BCUT2D eigenvalue weighted by atomic mass is 10.1. The minimum absolute atomic E-state index is 0.0643. The maximum absolute atomic E-state index is 11.3. The largest absolute Gasteiger partial charge is 0.491 e. The molecule has 3 heteroatoms. The molecular weight excluding hydrogens is 238 g/mol. The van der Waals surface area contributed by atoms with Gasteiger partial charge in [0.2, 0.25) is 5.91 Å². The second kappa shape index (κ2) is 6.59. The van der Waals surface area contributed by atoms with Crippen molar-refractivity contribution in [2.45, 2.75) is 13.0 Å². The van der Waals surface area contributed by atoms with Crippen LogP contribution in [0.25, 0.3) is 0 Å². The summed E-state index contributed by atoms with van der Waals surface area (Å²) in [5.41, 5.74) is 1.04. The second-order valence-electron chi connectivity index (χ2n) is 4.29. The van der Waals surface area contributed by atoms with Crippen LogP contribution in [0.5, 0.6) is 5.75 Å². The van der Waals surface area contributed by atoms with Crippen LogP contribution in [0.2, 0.25) is 0 Å². The summed E-state index contributed by atoms with van der Waals surface area (Å²) in [5.74, 6) is 0.735. The number of amides is 1. The maximum Gasteiger partial charge on any atom is 0.217 e. The fourth-order valence-electron chi connectivity index (χ4n) is 1.85. The second-order valence-corrected chi connectivity index (χ2v) is 4.29. The molecule has 3 nitrogen and oxygen atoms in total. The Bertz CT molecular complexity index is 511. The number of carbonyl (C=O) groups is 1. The van der Waals surface area contributed by atoms with E-state index in [1.807, 2.05) is 60.7 Å². The SMILES string of the molecule is CC(=O)NC(COc1ccccc1)c1ccccc1. The van der Waals surface area contributed by atoms with Crippen LogP contribution in [0.4, 0.5) is 0 Å². The summed E-state index contributed by atoms with van der Waals surface area (Å²) in [5, 5.41) is 2.90. The van der Waals surface area contributed by atoms with E-state index >= 15 is 0 Å². The van der Waals surface area contributed by atoms with Crippen LogP contribution in [0.15, 0.2) is 60.7 Å². The molecule has 2 rings (SSSR count). The standard InChI is InChI=1S/C16H17NO2/c1-13(18)17-16(14-8-4-2-5-9-14)12-19-15-10-6-3-7-11-15/h2-11,16H,12H2,1H3,(H,17,18). The van der Waals surface area contributed by atoms with Crippen molar-refractivity contribution in [3.05, 3.63) is 66.2 Å². The minimum Gasteiger partial charge on any atom is -0.491 e. The highest BCUT2D eigenvalue weighted by molar-refractivity contribution is 5.73. The summed E-state index contributed by atoms with van der Waals surface area (Å²) in [6.07, 6.45) is 0. The number of hydrogen-bond acceptors (Lipinski definition) is 2. The Labute approximate surface area is 113 Å². The molecule has 0 bridgehead atoms. The van der Waals surface area contributed by atoms with E-state index in [0.29, 0.717) is 6.61 Å². The molecule has 0 saturated heterocycles. The summed E-state index contributed by atoms with van der Waals surface area (Å²) < 4.78 is 5.71. The first-order chi connectivity index (χ1) is 9.25. The predicted octanol–water partition coefficient (Wildman–Crippen LogP) is 2.94. The first-order valence-corrected chi connectivity index (χ1v) is 6.25. The van der Waals surface area contributed by atoms with E-state index in [-0.39, 0.29) is 11.9 Å². The molecule has 2 aromatic rings. The zero-order chi connectivity index (χ0) is 13.5. The van der Waals surface area contributed by atoms with Gasteiger partial charge >= 0.3 is 0 Å². The van der Waals surface area contributed by atoms with Crippen molar-refractivity contribution >= 4 is 5.91 Å². The van der Waals surface area contributed by atoms with Gasteiger partial charge in [-0.25, -0.2) is 0 Å². The molecule has 1 N–H and O–H groups in total. The summed E-state index contributed by atoms with van der Waals surface area (Å²) >= 11 is 0. The third-order valence-electron chi connectivity index (χ3n) is 2.74. The van der Waals surface area contributed by atoms with Gasteiger partial charge in [-0.2, -0.15) is 0 Å². The van der Waals surface area contributed by atoms with Crippen molar-refractivity contribution in [2.75, 3.05) is 6.61 Å². The summed E-state index contributed by atoms with van der Waals surface area (Å²) in [6.45, 7) is 1.92. The lowest BCUT2D eigenvalue weighted by molar-refractivity contribution is -0.119. The molecule has 0 spiro atoms. The van der Waals surface area contributed by atoms with Crippen molar-refractivity contribution in [3.63, 3.8) is 0 Å². The molecule has 0 aliphatic carbocycles. The number of rotatable bonds is 5. The minimum atomic E-state index is -0.140. The molecule has 0 aliphatic rings. The van der Waals surface area contributed by atoms with Crippen molar-refractivity contribution in [1.82, 2.24) is 5.32 Å². The molecule has 0 fully saturated rings. The average Bonchev–Trinajstić information content (AvgIpc) is 2.45. The summed E-state index contributed by atoms with van der Waals surface area (Å²) in [6, 6.07) is 19.3. The molecule has 1 amide bonds. The van der Waals surface area contributed by atoms with Gasteiger partial charge in [0.15, 0.2) is 0 Å². The summed E-state index contributed by atoms with van der Waals surface area (Å²) in [7, 11) is 0. The van der Waals surface area contributed by atoms with Gasteiger partial charge in [0, 0.05) is 6.92 Å². The Morgan fingerprint density at radius 3 is 2.21 bits per heavy atom. The van der Waals surface area contributed by atoms with Crippen LogP contribution < -0.4 is 10.1 Å². The van der Waals surface area contributed by atoms with Gasteiger partial charge in [-0.05, 0) is 17.7 Å². The zero-order valence-corrected chi connectivity index (χ0v) is 10.9. The first-order valence-electron chi connectivity index (χ1n) is 6.25. The molecule has 1 unspecified atom stereocenters. The number of ether oxygens (including phenoxy) is 1. The van der Waals surface area contributed by atoms with Gasteiger partial charge in [0.25, 0.3) is 0 Å². The number of para-hydroxylation sites is 1. The molecular formula is C16H17NO2. The van der Waals surface area contributed by atoms with E-state index < -0.39 is 0 Å². The topological polar surface area (TPSA) is 38.3 Å². The smallest absolute Gasteiger partial charge is 0.217 e. The molecule has 0 radical (unpaired) electrons. The molecule has 0 saturated carbocycles. The molecule has 0 heterocycles. The lowest BCUT2D eigenvalue weighted by Gasteiger charge is -2.19. The van der Waals surface area contributed by atoms with E-state index in [0.717, 1.165) is 11.3 Å². The van der Waals surface area contributed by atoms with Crippen LogP contribution in [0.3, 0.4) is 0 Å². The van der Waals surface area contributed by atoms with Gasteiger partial charge in [0.1, 0.15) is 12.4 Å². The quantitative estimate of drug-likeness (QED) is 0.892. The highest BCUT2D eigenvalue weighted by Crippen LogP contribution is 2.16. The zero-order valence-electron chi connectivity index (χ0n) is 10.9. The van der Waals surface area contributed by atoms with E-state index in [2.05, 4.69) is 5.32 Å². The van der Waals surface area contributed by atoms with Crippen molar-refractivity contribution in [3.8, 4) is 5.75 Å². The molecule has 2 aromatic carbocycles. The fourth-order valence-corrected chi connectivity index (χ4v) is 1.85. The Morgan fingerprint density at radius 2 is 1.63 bits per heavy atom. The van der Waals surface area contributed by atoms with Gasteiger partial charge in [0.05, 0.1) is 6.04 Å². The maximum atomic E-state index is 11.3. The van der Waals surface area contributed by atoms with E-state index in [1.54, 1.807) is 0 Å². The Hall–Kier alpha value is -2.29. The first kappa shape index (κ1) is 13.1. The monoisotopic (exact) mass is 255 g/mol. The Morgan fingerprint density at radius 1 is 1.05 bits per heavy atom. The van der Waals surface area contributed by atoms with Crippen LogP contribution in [0.1, 0.15) is 18.5 Å². The number of nitrogens with one attached hydrogen (secondary N) is 1. The fraction of sp³-hybridized carbons (Fsp3) is 0.188. The van der Waals surface area contributed by atoms with Crippen molar-refractivity contribution in [2.24, 2.45) is 0 Å². The molecule has 98 valence electrons. The molecule has 0 aliphatic heterocycles. The molecule has 0 aromatic heterocycles. The van der Waals surface area contributed by atoms with Gasteiger partial charge < -0.3 is 10.1 Å². The van der Waals surface area contributed by atoms with Gasteiger partial charge in [-0.15, -0.1) is 0 Å². The number of benzene rings is 2. The highest BCUT2D eigenvalue weighted by atomic mass is 16.5. The normalized spacial score (nSPS) is 11.6. The van der Waals surface area contributed by atoms with Crippen molar-refractivity contribution in [1.29, 1.82) is 0 Å². The molecule has 19 heavy (non-hydrogen) atoms. The summed E-state index contributed by atoms with van der Waals surface area (Å²) in [4.78, 5) is 11.3. The average molecular weight is 255 g/mol. The van der Waals surface area contributed by atoms with Gasteiger partial charge in [-0.1, -0.05) is 48.5 Å².